The second-order valence-corrected chi connectivity index (χ2v) is 40.3. The highest BCUT2D eigenvalue weighted by Crippen LogP contribution is 2.45. The lowest BCUT2D eigenvalue weighted by Crippen LogP contribution is -2.38. The predicted octanol–water partition coefficient (Wildman–Crippen LogP) is 25.0. The molecule has 28 heteroatoms. The van der Waals surface area contributed by atoms with Gasteiger partial charge in [0.2, 0.25) is 0 Å². The van der Waals surface area contributed by atoms with Gasteiger partial charge in [-0.1, -0.05) is 164 Å². The van der Waals surface area contributed by atoms with Crippen LogP contribution in [-0.4, -0.2) is 102 Å². The summed E-state index contributed by atoms with van der Waals surface area (Å²) in [6.07, 6.45) is 39.4. The lowest BCUT2D eigenvalue weighted by atomic mass is 9.84. The molecule has 6 aromatic heterocycles. The molecule has 0 spiro atoms. The Morgan fingerprint density at radius 3 is 0.820 bits per heavy atom. The fourth-order valence-corrected chi connectivity index (χ4v) is 19.4. The lowest BCUT2D eigenvalue weighted by Gasteiger charge is -2.28. The number of aromatic nitrogens is 6. The molecule has 0 aliphatic heterocycles. The van der Waals surface area contributed by atoms with Crippen LogP contribution in [0.1, 0.15) is 299 Å². The molecule has 18 rings (SSSR count). The van der Waals surface area contributed by atoms with Crippen molar-refractivity contribution in [3.8, 4) is 34.5 Å². The SMILES string of the molecule is CC(C)[C@@H](C)NC(=O)c1ccc(COc2cccc(F)c2)nc1.CC(NC(=O)c1ccc(COc2ccccc2)nc1)C1CCCCC1.C[C@@H](NC(=O)c1ccc(COc2cccc(F)c2)nc1)C1CCCCC1.C[C@@H](NC(=O)c1ccc(COc2cccc(F)c2)nc1)C1CCCCC1.C[C@@H](NC(=O)c1ccc(COc2ccccc2F)nc1)C1CCCCC1.O=C(NC1CC2CCC1C2)c1ccc(COc2ccccc2)nc1. The number of pyridine rings is 6. The molecule has 150 heavy (non-hydrogen) atoms. The number of halogens is 4. The minimum Gasteiger partial charge on any atom is -0.487 e. The Hall–Kier alpha value is -14.4. The van der Waals surface area contributed by atoms with Crippen LogP contribution < -0.4 is 60.3 Å². The minimum atomic E-state index is -0.403. The second kappa shape index (κ2) is 59.7. The van der Waals surface area contributed by atoms with Crippen LogP contribution in [-0.2, 0) is 39.6 Å². The first kappa shape index (κ1) is 113. The number of nitrogens with zero attached hydrogens (tertiary/aromatic N) is 6. The Bertz CT molecular complexity index is 6000. The van der Waals surface area contributed by atoms with Crippen LogP contribution in [0.4, 0.5) is 17.6 Å². The number of nitrogens with one attached hydrogen (secondary N) is 6. The molecule has 6 aliphatic rings. The van der Waals surface area contributed by atoms with E-state index in [1.807, 2.05) is 91.9 Å². The Morgan fingerprint density at radius 2 is 0.553 bits per heavy atom. The van der Waals surface area contributed by atoms with Crippen molar-refractivity contribution in [2.75, 3.05) is 0 Å². The van der Waals surface area contributed by atoms with Gasteiger partial charge in [-0.3, -0.25) is 58.7 Å². The summed E-state index contributed by atoms with van der Waals surface area (Å²) in [4.78, 5) is 99.8. The average Bonchev–Trinajstić information content (AvgIpc) is 1.67. The van der Waals surface area contributed by atoms with E-state index in [4.69, 9.17) is 28.4 Å². The molecule has 6 fully saturated rings. The van der Waals surface area contributed by atoms with Crippen LogP contribution in [0.15, 0.2) is 268 Å². The Kier molecular flexibility index (Phi) is 44.8. The number of hydrogen-bond acceptors (Lipinski definition) is 18. The smallest absolute Gasteiger partial charge is 0.253 e. The second-order valence-electron chi connectivity index (χ2n) is 40.3. The summed E-state index contributed by atoms with van der Waals surface area (Å²) in [5.41, 5.74) is 7.66. The zero-order valence-electron chi connectivity index (χ0n) is 87.2. The van der Waals surface area contributed by atoms with Gasteiger partial charge >= 0.3 is 0 Å². The monoisotopic (exact) mass is 2050 g/mol. The van der Waals surface area contributed by atoms with Gasteiger partial charge < -0.3 is 60.3 Å². The number of carbonyl (C=O) groups is 6. The standard InChI is InChI=1S/3C21H25FN2O2.C21H26N2O2.C20H22N2O2.C18H21FN2O2/c1-15(16-7-3-2-4-8-16)24-21(25)17-11-12-18(23-13-17)14-26-20-10-6-5-9-19(20)22;2*1-15(16-6-3-2-4-7-16)24-21(25)17-10-11-19(23-13-17)14-26-20-9-5-8-18(22)12-20;1-16(17-8-4-2-5-9-17)23-21(24)18-12-13-19(22-14-18)15-25-20-10-6-3-7-11-20;23-20(22-19-11-14-6-7-15(19)10-14)16-8-9-17(21-12-16)13-24-18-4-2-1-3-5-18;1-12(2)13(3)21-18(22)14-7-8-16(20-10-14)11-23-17-6-4-5-15(19)9-17/h5-6,9-13,15-16H,2-4,7-8,14H2,1H3,(H,24,25);2*5,8-13,15-16H,2-4,6-7,14H2,1H3,(H,24,25);3,6-7,10-14,16-17H,2,4-5,8-9,15H2,1H3,(H,23,24);1-5,8-9,12,14-15,19H,6-7,10-11,13H2,(H,22,23);4-10,12-13H,11H2,1-3H3,(H,21,22)/t3*15-;;;13-/m111..1/s1. The summed E-state index contributed by atoms with van der Waals surface area (Å²) < 4.78 is 86.1. The molecular weight excluding hydrogens is 1900 g/mol. The van der Waals surface area contributed by atoms with Crippen molar-refractivity contribution in [2.45, 2.75) is 278 Å². The maximum Gasteiger partial charge on any atom is 0.253 e. The van der Waals surface area contributed by atoms with Gasteiger partial charge in [0, 0.05) is 91.6 Å². The van der Waals surface area contributed by atoms with Gasteiger partial charge in [-0.05, 0) is 292 Å². The topological polar surface area (TPSA) is 307 Å². The Balaban J connectivity index is 0.000000150. The highest BCUT2D eigenvalue weighted by atomic mass is 19.1. The van der Waals surface area contributed by atoms with E-state index >= 15 is 0 Å². The molecule has 2 bridgehead atoms. The number of ether oxygens (including phenoxy) is 6. The predicted molar refractivity (Wildman–Crippen MR) is 572 cm³/mol. The molecule has 6 aliphatic carbocycles. The van der Waals surface area contributed by atoms with Crippen molar-refractivity contribution in [3.05, 3.63) is 359 Å². The third-order valence-corrected chi connectivity index (χ3v) is 28.8. The van der Waals surface area contributed by atoms with Crippen molar-refractivity contribution in [3.63, 3.8) is 0 Å². The van der Waals surface area contributed by atoms with Gasteiger partial charge in [0.1, 0.15) is 85.8 Å². The quantitative estimate of drug-likeness (QED) is 0.0201. The van der Waals surface area contributed by atoms with E-state index in [0.29, 0.717) is 128 Å². The van der Waals surface area contributed by atoms with Crippen LogP contribution in [0, 0.1) is 64.7 Å². The molecule has 0 radical (unpaired) electrons. The van der Waals surface area contributed by atoms with Crippen molar-refractivity contribution in [1.29, 1.82) is 0 Å². The first-order valence-electron chi connectivity index (χ1n) is 53.2. The maximum atomic E-state index is 13.5. The van der Waals surface area contributed by atoms with Gasteiger partial charge in [-0.2, -0.15) is 0 Å². The van der Waals surface area contributed by atoms with E-state index in [0.717, 1.165) is 35.2 Å². The Labute approximate surface area is 879 Å². The summed E-state index contributed by atoms with van der Waals surface area (Å²) in [6.45, 7) is 16.1. The largest absolute Gasteiger partial charge is 0.487 e. The number of fused-ring (bicyclic) bond motifs is 2. The van der Waals surface area contributed by atoms with E-state index in [9.17, 15) is 46.3 Å². The van der Waals surface area contributed by atoms with Gasteiger partial charge in [0.05, 0.1) is 67.5 Å². The van der Waals surface area contributed by atoms with Crippen LogP contribution in [0.2, 0.25) is 0 Å². The first-order chi connectivity index (χ1) is 72.8. The fraction of sp³-hybridized carbons (Fsp3) is 0.410. The molecule has 0 saturated heterocycles. The van der Waals surface area contributed by atoms with E-state index < -0.39 is 5.82 Å². The number of amides is 6. The highest BCUT2D eigenvalue weighted by Gasteiger charge is 2.40. The van der Waals surface area contributed by atoms with E-state index in [-0.39, 0.29) is 115 Å². The normalized spacial score (nSPS) is 16.9. The molecule has 24 nitrogen and oxygen atoms in total. The molecule has 12 aromatic rings. The molecule has 6 heterocycles. The highest BCUT2D eigenvalue weighted by molar-refractivity contribution is 5.97. The third-order valence-electron chi connectivity index (χ3n) is 28.8. The summed E-state index contributed by atoms with van der Waals surface area (Å²) >= 11 is 0. The molecule has 4 unspecified atom stereocenters. The van der Waals surface area contributed by atoms with E-state index in [2.05, 4.69) is 103 Å². The molecule has 8 atom stereocenters. The number of carbonyl (C=O) groups excluding carboxylic acids is 6. The molecule has 6 N–H and O–H groups in total. The molecular formula is C122H144F4N12O12. The minimum absolute atomic E-state index is 0.00409. The van der Waals surface area contributed by atoms with Gasteiger partial charge in [-0.25, -0.2) is 17.6 Å². The zero-order valence-corrected chi connectivity index (χ0v) is 87.2. The molecule has 792 valence electrons. The molecule has 6 amide bonds. The van der Waals surface area contributed by atoms with E-state index in [1.165, 1.54) is 196 Å². The van der Waals surface area contributed by atoms with Crippen molar-refractivity contribution >= 4 is 35.4 Å². The Morgan fingerprint density at radius 1 is 0.280 bits per heavy atom. The summed E-state index contributed by atoms with van der Waals surface area (Å²) in [6, 6.07) is 66.0. The fourth-order valence-electron chi connectivity index (χ4n) is 19.4. The van der Waals surface area contributed by atoms with Crippen LogP contribution in [0.25, 0.3) is 0 Å². The van der Waals surface area contributed by atoms with Gasteiger partial charge in [-0.15, -0.1) is 0 Å². The third kappa shape index (κ3) is 37.7. The van der Waals surface area contributed by atoms with Crippen molar-refractivity contribution in [2.24, 2.45) is 41.4 Å². The summed E-state index contributed by atoms with van der Waals surface area (Å²) in [5.74, 6) is 5.47. The number of rotatable bonds is 35. The van der Waals surface area contributed by atoms with Crippen LogP contribution in [0.5, 0.6) is 34.5 Å². The molecule has 6 saturated carbocycles. The first-order valence-corrected chi connectivity index (χ1v) is 53.2. The summed E-state index contributed by atoms with van der Waals surface area (Å²) in [7, 11) is 0. The molecule has 6 aromatic carbocycles. The van der Waals surface area contributed by atoms with Crippen LogP contribution >= 0.6 is 0 Å². The lowest BCUT2D eigenvalue weighted by molar-refractivity contribution is 0.0910. The van der Waals surface area contributed by atoms with Crippen molar-refractivity contribution < 1.29 is 74.8 Å². The van der Waals surface area contributed by atoms with Crippen LogP contribution in [0.3, 0.4) is 0 Å². The average molecular weight is 2050 g/mol. The number of para-hydroxylation sites is 3. The number of benzene rings is 6. The maximum absolute atomic E-state index is 13.5. The van der Waals surface area contributed by atoms with Crippen molar-refractivity contribution in [1.82, 2.24) is 61.8 Å². The zero-order chi connectivity index (χ0) is 106. The van der Waals surface area contributed by atoms with Gasteiger partial charge in [0.25, 0.3) is 35.4 Å². The number of hydrogen-bond donors (Lipinski definition) is 6. The summed E-state index contributed by atoms with van der Waals surface area (Å²) in [5, 5.41) is 18.5. The van der Waals surface area contributed by atoms with Gasteiger partial charge in [0.15, 0.2) is 11.6 Å². The van der Waals surface area contributed by atoms with E-state index in [1.54, 1.807) is 134 Å².